The van der Waals surface area contributed by atoms with Gasteiger partial charge in [-0.15, -0.1) is 5.11 Å². The number of methoxy groups -OCH3 is 1. The predicted molar refractivity (Wildman–Crippen MR) is 86.5 cm³/mol. The Morgan fingerprint density at radius 3 is 2.33 bits per heavy atom. The van der Waals surface area contributed by atoms with Gasteiger partial charge in [-0.05, 0) is 30.3 Å². The van der Waals surface area contributed by atoms with E-state index in [1.807, 2.05) is 0 Å². The molecule has 124 valence electrons. The normalized spacial score (nSPS) is 10.6. The molecule has 8 nitrogen and oxygen atoms in total. The summed E-state index contributed by atoms with van der Waals surface area (Å²) in [7, 11) is 1.54. The van der Waals surface area contributed by atoms with Gasteiger partial charge in [0.2, 0.25) is 5.91 Å². The molecule has 0 unspecified atom stereocenters. The highest BCUT2D eigenvalue weighted by molar-refractivity contribution is 5.97. The summed E-state index contributed by atoms with van der Waals surface area (Å²) in [6.07, 6.45) is 0. The summed E-state index contributed by atoms with van der Waals surface area (Å²) in [4.78, 5) is 22.4. The van der Waals surface area contributed by atoms with E-state index in [4.69, 9.17) is 9.84 Å². The van der Waals surface area contributed by atoms with Gasteiger partial charge in [0, 0.05) is 13.0 Å². The van der Waals surface area contributed by atoms with Gasteiger partial charge in [0.1, 0.15) is 22.7 Å². The van der Waals surface area contributed by atoms with E-state index in [-0.39, 0.29) is 16.9 Å². The Morgan fingerprint density at radius 1 is 1.12 bits per heavy atom. The van der Waals surface area contributed by atoms with Crippen molar-refractivity contribution >= 4 is 28.9 Å². The van der Waals surface area contributed by atoms with Crippen LogP contribution in [0.25, 0.3) is 0 Å². The fraction of sp³-hybridized carbons (Fsp3) is 0.125. The Morgan fingerprint density at radius 2 is 1.79 bits per heavy atom. The Hall–Kier alpha value is -3.42. The summed E-state index contributed by atoms with van der Waals surface area (Å²) < 4.78 is 5.04. The zero-order valence-electron chi connectivity index (χ0n) is 13.0. The first-order chi connectivity index (χ1) is 11.4. The molecule has 0 bridgehead atoms. The van der Waals surface area contributed by atoms with Crippen molar-refractivity contribution in [1.29, 1.82) is 0 Å². The highest BCUT2D eigenvalue weighted by Crippen LogP contribution is 2.34. The second-order valence-corrected chi connectivity index (χ2v) is 4.77. The second kappa shape index (κ2) is 7.23. The van der Waals surface area contributed by atoms with Crippen LogP contribution in [0.2, 0.25) is 0 Å². The number of amides is 1. The van der Waals surface area contributed by atoms with Crippen molar-refractivity contribution in [2.75, 3.05) is 12.4 Å². The molecule has 2 aromatic carbocycles. The summed E-state index contributed by atoms with van der Waals surface area (Å²) in [6, 6.07) is 8.98. The Bertz CT molecular complexity index is 800. The first-order valence-electron chi connectivity index (χ1n) is 6.84. The van der Waals surface area contributed by atoms with Crippen molar-refractivity contribution < 1.29 is 24.5 Å². The lowest BCUT2D eigenvalue weighted by Crippen LogP contribution is -2.07. The monoisotopic (exact) mass is 329 g/mol. The molecule has 0 saturated carbocycles. The third-order valence-corrected chi connectivity index (χ3v) is 3.00. The van der Waals surface area contributed by atoms with E-state index >= 15 is 0 Å². The lowest BCUT2D eigenvalue weighted by Gasteiger charge is -2.08. The number of benzene rings is 2. The molecule has 3 N–H and O–H groups in total. The maximum Gasteiger partial charge on any atom is 0.339 e. The number of nitrogens with zero attached hydrogens (tertiary/aromatic N) is 2. The zero-order valence-corrected chi connectivity index (χ0v) is 13.0. The number of carbonyl (C=O) groups is 2. The van der Waals surface area contributed by atoms with Crippen LogP contribution in [0.15, 0.2) is 46.6 Å². The van der Waals surface area contributed by atoms with E-state index in [1.54, 1.807) is 31.4 Å². The summed E-state index contributed by atoms with van der Waals surface area (Å²) >= 11 is 0. The number of anilines is 1. The molecule has 8 heteroatoms. The van der Waals surface area contributed by atoms with Crippen LogP contribution >= 0.6 is 0 Å². The van der Waals surface area contributed by atoms with Gasteiger partial charge in [-0.2, -0.15) is 5.11 Å². The number of aromatic hydroxyl groups is 1. The first kappa shape index (κ1) is 16.9. The maximum absolute atomic E-state index is 11.2. The molecule has 0 aromatic heterocycles. The second-order valence-electron chi connectivity index (χ2n) is 4.77. The Labute approximate surface area is 137 Å². The molecule has 0 radical (unpaired) electrons. The van der Waals surface area contributed by atoms with Gasteiger partial charge in [-0.1, -0.05) is 0 Å². The summed E-state index contributed by atoms with van der Waals surface area (Å²) in [5.41, 5.74) is 0.431. The molecular weight excluding hydrogens is 314 g/mol. The number of hydrogen-bond donors (Lipinski definition) is 3. The number of carbonyl (C=O) groups excluding carboxylic acids is 1. The minimum atomic E-state index is -1.32. The minimum Gasteiger partial charge on any atom is -0.507 e. The summed E-state index contributed by atoms with van der Waals surface area (Å²) in [5, 5.41) is 29.2. The number of azo groups is 1. The fourth-order valence-corrected chi connectivity index (χ4v) is 1.88. The maximum atomic E-state index is 11.2. The molecule has 2 rings (SSSR count). The van der Waals surface area contributed by atoms with Crippen molar-refractivity contribution in [3.8, 4) is 11.5 Å². The average Bonchev–Trinajstić information content (AvgIpc) is 2.53. The van der Waals surface area contributed by atoms with E-state index in [1.165, 1.54) is 6.92 Å². The predicted octanol–water partition coefficient (Wildman–Crippen LogP) is 3.47. The highest BCUT2D eigenvalue weighted by Gasteiger charge is 2.15. The zero-order chi connectivity index (χ0) is 17.7. The number of ether oxygens (including phenoxy) is 1. The van der Waals surface area contributed by atoms with E-state index in [0.717, 1.165) is 12.1 Å². The highest BCUT2D eigenvalue weighted by atomic mass is 16.5. The molecule has 0 heterocycles. The minimum absolute atomic E-state index is 0.108. The van der Waals surface area contributed by atoms with Crippen LogP contribution in [0.1, 0.15) is 17.3 Å². The fourth-order valence-electron chi connectivity index (χ4n) is 1.88. The lowest BCUT2D eigenvalue weighted by molar-refractivity contribution is -0.114. The van der Waals surface area contributed by atoms with Crippen molar-refractivity contribution in [3.05, 3.63) is 42.0 Å². The van der Waals surface area contributed by atoms with Crippen LogP contribution in [-0.4, -0.2) is 29.2 Å². The standard InChI is InChI=1S/C16H15N3O5/c1-9(20)17-13-8-15(21)12(16(22)23)7-14(13)19-18-10-3-5-11(24-2)6-4-10/h3-8,21H,1-2H3,(H,17,20)(H,22,23). The smallest absolute Gasteiger partial charge is 0.339 e. The van der Waals surface area contributed by atoms with Crippen molar-refractivity contribution in [3.63, 3.8) is 0 Å². The number of hydrogen-bond acceptors (Lipinski definition) is 6. The van der Waals surface area contributed by atoms with Crippen molar-refractivity contribution in [2.24, 2.45) is 10.2 Å². The van der Waals surface area contributed by atoms with E-state index in [9.17, 15) is 14.7 Å². The van der Waals surface area contributed by atoms with Gasteiger partial charge in [0.25, 0.3) is 0 Å². The van der Waals surface area contributed by atoms with Gasteiger partial charge in [-0.3, -0.25) is 4.79 Å². The number of rotatable bonds is 5. The number of phenols is 1. The molecule has 2 aromatic rings. The molecule has 0 aliphatic heterocycles. The van der Waals surface area contributed by atoms with Crippen LogP contribution in [-0.2, 0) is 4.79 Å². The quantitative estimate of drug-likeness (QED) is 0.725. The van der Waals surface area contributed by atoms with Gasteiger partial charge in [0.15, 0.2) is 0 Å². The first-order valence-corrected chi connectivity index (χ1v) is 6.84. The average molecular weight is 329 g/mol. The summed E-state index contributed by atoms with van der Waals surface area (Å²) in [6.45, 7) is 1.28. The topological polar surface area (TPSA) is 121 Å². The molecule has 0 spiro atoms. The molecular formula is C16H15N3O5. The van der Waals surface area contributed by atoms with Crippen LogP contribution < -0.4 is 10.1 Å². The lowest BCUT2D eigenvalue weighted by atomic mass is 10.1. The van der Waals surface area contributed by atoms with E-state index in [0.29, 0.717) is 11.4 Å². The molecule has 1 amide bonds. The molecule has 24 heavy (non-hydrogen) atoms. The molecule has 0 saturated heterocycles. The van der Waals surface area contributed by atoms with Crippen LogP contribution in [0.4, 0.5) is 17.1 Å². The van der Waals surface area contributed by atoms with Crippen LogP contribution in [0.3, 0.4) is 0 Å². The largest absolute Gasteiger partial charge is 0.507 e. The van der Waals surface area contributed by atoms with Crippen LogP contribution in [0, 0.1) is 0 Å². The van der Waals surface area contributed by atoms with Crippen LogP contribution in [0.5, 0.6) is 11.5 Å². The SMILES string of the molecule is COc1ccc(N=Nc2cc(C(=O)O)c(O)cc2NC(C)=O)cc1. The molecule has 0 fully saturated rings. The molecule has 0 aliphatic carbocycles. The molecule has 0 aliphatic rings. The Balaban J connectivity index is 2.41. The molecule has 0 atom stereocenters. The number of carboxylic acids is 1. The summed E-state index contributed by atoms with van der Waals surface area (Å²) in [5.74, 6) is -1.53. The van der Waals surface area contributed by atoms with Gasteiger partial charge >= 0.3 is 5.97 Å². The number of nitrogens with one attached hydrogen (secondary N) is 1. The van der Waals surface area contributed by atoms with Gasteiger partial charge in [-0.25, -0.2) is 4.79 Å². The Kier molecular flexibility index (Phi) is 5.10. The third-order valence-electron chi connectivity index (χ3n) is 3.00. The van der Waals surface area contributed by atoms with Gasteiger partial charge < -0.3 is 20.3 Å². The number of aromatic carboxylic acids is 1. The third kappa shape index (κ3) is 4.07. The van der Waals surface area contributed by atoms with Crippen molar-refractivity contribution in [2.45, 2.75) is 6.92 Å². The van der Waals surface area contributed by atoms with E-state index in [2.05, 4.69) is 15.5 Å². The van der Waals surface area contributed by atoms with Crippen molar-refractivity contribution in [1.82, 2.24) is 0 Å². The number of carboxylic acid groups (broad SMARTS) is 1. The van der Waals surface area contributed by atoms with E-state index < -0.39 is 17.6 Å². The van der Waals surface area contributed by atoms with Gasteiger partial charge in [0.05, 0.1) is 18.5 Å².